The van der Waals surface area contributed by atoms with E-state index in [4.69, 9.17) is 9.47 Å². The van der Waals surface area contributed by atoms with Gasteiger partial charge in [0.25, 0.3) is 0 Å². The van der Waals surface area contributed by atoms with E-state index in [1.54, 1.807) is 14.2 Å². The number of nitrogens with zero attached hydrogens (tertiary/aromatic N) is 3. The van der Waals surface area contributed by atoms with Crippen LogP contribution in [0, 0.1) is 18.3 Å². The van der Waals surface area contributed by atoms with Crippen LogP contribution >= 0.6 is 11.8 Å². The molecule has 0 aliphatic heterocycles. The van der Waals surface area contributed by atoms with Gasteiger partial charge in [0.1, 0.15) is 22.6 Å². The molecule has 0 aliphatic rings. The molecule has 6 aromatic rings. The predicted octanol–water partition coefficient (Wildman–Crippen LogP) is 8.84. The second kappa shape index (κ2) is 14.0. The van der Waals surface area contributed by atoms with Crippen LogP contribution in [0.5, 0.6) is 11.5 Å². The second-order valence-corrected chi connectivity index (χ2v) is 10.6. The summed E-state index contributed by atoms with van der Waals surface area (Å²) in [7, 11) is 3.32. The third kappa shape index (κ3) is 7.31. The summed E-state index contributed by atoms with van der Waals surface area (Å²) >= 11 is 1.53. The predicted molar refractivity (Wildman–Crippen MR) is 172 cm³/mol. The van der Waals surface area contributed by atoms with E-state index >= 15 is 0 Å². The monoisotopic (exact) mass is 582 g/mol. The molecule has 0 atom stereocenters. The van der Waals surface area contributed by atoms with Crippen molar-refractivity contribution in [3.8, 4) is 51.2 Å². The first kappa shape index (κ1) is 29.2. The number of methoxy groups -OCH3 is 2. The Morgan fingerprint density at radius 2 is 1.40 bits per heavy atom. The third-order valence-electron chi connectivity index (χ3n) is 6.67. The Balaban J connectivity index is 0.000000171. The number of nitriles is 1. The van der Waals surface area contributed by atoms with Gasteiger partial charge in [0, 0.05) is 21.6 Å². The zero-order chi connectivity index (χ0) is 30.0. The molecule has 0 spiro atoms. The molecule has 43 heavy (non-hydrogen) atoms. The molecule has 0 saturated carbocycles. The second-order valence-electron chi connectivity index (χ2n) is 9.56. The summed E-state index contributed by atoms with van der Waals surface area (Å²) in [6.07, 6.45) is 1.83. The van der Waals surface area contributed by atoms with Gasteiger partial charge in [-0.15, -0.1) is 0 Å². The lowest BCUT2D eigenvalue weighted by atomic mass is 10.0. The first-order valence-electron chi connectivity index (χ1n) is 13.6. The summed E-state index contributed by atoms with van der Waals surface area (Å²) in [5, 5.41) is 17.3. The van der Waals surface area contributed by atoms with Gasteiger partial charge in [-0.25, -0.2) is 4.98 Å². The lowest BCUT2D eigenvalue weighted by Crippen LogP contribution is -1.90. The standard InChI is InChI=1S/C19H14N2S.C17H16N2O2/c1-14-6-5-9-17(12-14)22-19-16(13-20)10-11-18(21-19)15-7-3-2-4-8-15;1-20-14-7-3-12(4-8-14)16-11-18-19-17(16)13-5-9-15(21-2)10-6-13/h2-12H,1H3;3-11H,1-2H3,(H,18,19). The average Bonchev–Trinajstić information content (AvgIpc) is 3.56. The number of benzene rings is 4. The fraction of sp³-hybridized carbons (Fsp3) is 0.0833. The van der Waals surface area contributed by atoms with Crippen molar-refractivity contribution in [2.24, 2.45) is 0 Å². The highest BCUT2D eigenvalue weighted by Gasteiger charge is 2.11. The maximum atomic E-state index is 9.31. The fourth-order valence-electron chi connectivity index (χ4n) is 4.42. The van der Waals surface area contributed by atoms with E-state index in [1.807, 2.05) is 109 Å². The number of pyridine rings is 1. The number of hydrogen-bond acceptors (Lipinski definition) is 6. The Morgan fingerprint density at radius 3 is 2.02 bits per heavy atom. The molecule has 0 bridgehead atoms. The topological polar surface area (TPSA) is 83.8 Å². The number of aromatic amines is 1. The van der Waals surface area contributed by atoms with E-state index in [0.29, 0.717) is 5.56 Å². The molecule has 2 heterocycles. The Labute approximate surface area is 256 Å². The van der Waals surface area contributed by atoms with Crippen molar-refractivity contribution in [3.05, 3.63) is 133 Å². The number of aromatic nitrogens is 3. The van der Waals surface area contributed by atoms with E-state index in [2.05, 4.69) is 40.3 Å². The lowest BCUT2D eigenvalue weighted by molar-refractivity contribution is 0.414. The maximum absolute atomic E-state index is 9.31. The molecule has 1 N–H and O–H groups in total. The number of H-pyrrole nitrogens is 1. The van der Waals surface area contributed by atoms with Crippen LogP contribution in [0.2, 0.25) is 0 Å². The quantitative estimate of drug-likeness (QED) is 0.202. The molecule has 2 aromatic heterocycles. The van der Waals surface area contributed by atoms with Gasteiger partial charge >= 0.3 is 0 Å². The minimum absolute atomic E-state index is 0.603. The van der Waals surface area contributed by atoms with Gasteiger partial charge < -0.3 is 9.47 Å². The molecule has 6 nitrogen and oxygen atoms in total. The van der Waals surface area contributed by atoms with Gasteiger partial charge in [-0.2, -0.15) is 10.4 Å². The lowest BCUT2D eigenvalue weighted by Gasteiger charge is -2.07. The minimum Gasteiger partial charge on any atom is -0.497 e. The highest BCUT2D eigenvalue weighted by molar-refractivity contribution is 7.99. The zero-order valence-electron chi connectivity index (χ0n) is 24.1. The van der Waals surface area contributed by atoms with Crippen molar-refractivity contribution in [2.75, 3.05) is 14.2 Å². The van der Waals surface area contributed by atoms with Gasteiger partial charge in [-0.3, -0.25) is 5.10 Å². The SMILES string of the molecule is COc1ccc(-c2cn[nH]c2-c2ccc(OC)cc2)cc1.Cc1cccc(Sc2nc(-c3ccccc3)ccc2C#N)c1. The molecule has 0 radical (unpaired) electrons. The van der Waals surface area contributed by atoms with Crippen LogP contribution in [0.1, 0.15) is 11.1 Å². The normalized spacial score (nSPS) is 10.3. The molecule has 4 aromatic carbocycles. The number of hydrogen-bond donors (Lipinski definition) is 1. The van der Waals surface area contributed by atoms with Gasteiger partial charge in [0.05, 0.1) is 37.4 Å². The maximum Gasteiger partial charge on any atom is 0.119 e. The molecule has 0 aliphatic carbocycles. The van der Waals surface area contributed by atoms with Gasteiger partial charge in [-0.1, -0.05) is 71.9 Å². The molecule has 212 valence electrons. The number of nitrogens with one attached hydrogen (secondary N) is 1. The van der Waals surface area contributed by atoms with Crippen molar-refractivity contribution in [2.45, 2.75) is 16.8 Å². The van der Waals surface area contributed by atoms with Crippen LogP contribution in [-0.4, -0.2) is 29.4 Å². The van der Waals surface area contributed by atoms with E-state index < -0.39 is 0 Å². The van der Waals surface area contributed by atoms with Crippen LogP contribution in [0.4, 0.5) is 0 Å². The van der Waals surface area contributed by atoms with Crippen LogP contribution in [0.3, 0.4) is 0 Å². The highest BCUT2D eigenvalue weighted by atomic mass is 32.2. The van der Waals surface area contributed by atoms with Crippen LogP contribution in [0.15, 0.2) is 131 Å². The van der Waals surface area contributed by atoms with Crippen molar-refractivity contribution in [1.29, 1.82) is 5.26 Å². The molecule has 6 rings (SSSR count). The third-order valence-corrected chi connectivity index (χ3v) is 7.67. The summed E-state index contributed by atoms with van der Waals surface area (Å²) in [6.45, 7) is 2.06. The minimum atomic E-state index is 0.603. The molecular weight excluding hydrogens is 552 g/mol. The molecule has 0 fully saturated rings. The van der Waals surface area contributed by atoms with Crippen molar-refractivity contribution in [1.82, 2.24) is 15.2 Å². The fourth-order valence-corrected chi connectivity index (χ4v) is 5.40. The Hall–Kier alpha value is -5.32. The molecular formula is C36H30N4O2S. The summed E-state index contributed by atoms with van der Waals surface area (Å²) in [4.78, 5) is 5.77. The van der Waals surface area contributed by atoms with E-state index in [9.17, 15) is 5.26 Å². The first-order chi connectivity index (χ1) is 21.1. The smallest absolute Gasteiger partial charge is 0.119 e. The van der Waals surface area contributed by atoms with Gasteiger partial charge in [0.15, 0.2) is 0 Å². The molecule has 0 amide bonds. The summed E-state index contributed by atoms with van der Waals surface area (Å²) in [5.74, 6) is 1.68. The summed E-state index contributed by atoms with van der Waals surface area (Å²) in [5.41, 5.74) is 7.95. The Morgan fingerprint density at radius 1 is 0.721 bits per heavy atom. The summed E-state index contributed by atoms with van der Waals surface area (Å²) in [6, 6.07) is 40.0. The van der Waals surface area contributed by atoms with E-state index in [-0.39, 0.29) is 0 Å². The molecule has 0 saturated heterocycles. The number of ether oxygens (including phenoxy) is 2. The average molecular weight is 583 g/mol. The number of rotatable bonds is 7. The Kier molecular flexibility index (Phi) is 9.53. The molecule has 7 heteroatoms. The van der Waals surface area contributed by atoms with Crippen molar-refractivity contribution in [3.63, 3.8) is 0 Å². The Bertz CT molecular complexity index is 1770. The van der Waals surface area contributed by atoms with Crippen LogP contribution in [-0.2, 0) is 0 Å². The van der Waals surface area contributed by atoms with Crippen LogP contribution < -0.4 is 9.47 Å². The van der Waals surface area contributed by atoms with E-state index in [0.717, 1.165) is 55.1 Å². The van der Waals surface area contributed by atoms with Crippen molar-refractivity contribution < 1.29 is 9.47 Å². The van der Waals surface area contributed by atoms with Crippen LogP contribution in [0.25, 0.3) is 33.6 Å². The zero-order valence-corrected chi connectivity index (χ0v) is 24.9. The highest BCUT2D eigenvalue weighted by Crippen LogP contribution is 2.33. The van der Waals surface area contributed by atoms with Crippen molar-refractivity contribution >= 4 is 11.8 Å². The van der Waals surface area contributed by atoms with E-state index in [1.165, 1.54) is 17.3 Å². The first-order valence-corrected chi connectivity index (χ1v) is 14.4. The summed E-state index contributed by atoms with van der Waals surface area (Å²) < 4.78 is 10.4. The van der Waals surface area contributed by atoms with Gasteiger partial charge in [0.2, 0.25) is 0 Å². The van der Waals surface area contributed by atoms with Gasteiger partial charge in [-0.05, 0) is 73.2 Å². The largest absolute Gasteiger partial charge is 0.497 e. The molecule has 0 unspecified atom stereocenters. The number of aryl methyl sites for hydroxylation is 1.